The minimum absolute atomic E-state index is 0.0362. The largest absolute Gasteiger partial charge is 0.426 e. The van der Waals surface area contributed by atoms with Crippen LogP contribution >= 0.6 is 11.8 Å². The molecule has 0 aliphatic carbocycles. The van der Waals surface area contributed by atoms with E-state index in [1.807, 2.05) is 6.07 Å². The molecule has 1 heterocycles. The van der Waals surface area contributed by atoms with Crippen molar-refractivity contribution in [1.29, 1.82) is 0 Å². The molecule has 0 saturated carbocycles. The number of carbonyl (C=O) groups excluding carboxylic acids is 1. The maximum absolute atomic E-state index is 14.4. The SMILES string of the molecule is O=C(CSc1nnc(-c2ccccc2F)n1-c1ccc(F)cc1)Oc1ccccc1. The van der Waals surface area contributed by atoms with Gasteiger partial charge in [-0.1, -0.05) is 42.1 Å². The molecule has 0 aliphatic rings. The molecule has 4 rings (SSSR count). The molecule has 3 aromatic carbocycles. The van der Waals surface area contributed by atoms with E-state index in [4.69, 9.17) is 4.74 Å². The van der Waals surface area contributed by atoms with E-state index in [9.17, 15) is 13.6 Å². The molecule has 0 radical (unpaired) electrons. The highest BCUT2D eigenvalue weighted by atomic mass is 32.2. The van der Waals surface area contributed by atoms with Crippen LogP contribution in [0.5, 0.6) is 5.75 Å². The van der Waals surface area contributed by atoms with Crippen LogP contribution in [-0.4, -0.2) is 26.5 Å². The molecular weight excluding hydrogens is 408 g/mol. The van der Waals surface area contributed by atoms with Crippen LogP contribution in [0, 0.1) is 11.6 Å². The van der Waals surface area contributed by atoms with Crippen LogP contribution in [0.15, 0.2) is 84.0 Å². The maximum atomic E-state index is 14.4. The molecule has 0 saturated heterocycles. The first-order valence-corrected chi connectivity index (χ1v) is 9.95. The molecule has 0 aliphatic heterocycles. The van der Waals surface area contributed by atoms with E-state index in [1.165, 1.54) is 30.3 Å². The first-order valence-electron chi connectivity index (χ1n) is 8.96. The number of ether oxygens (including phenoxy) is 1. The summed E-state index contributed by atoms with van der Waals surface area (Å²) in [5.74, 6) is -0.680. The summed E-state index contributed by atoms with van der Waals surface area (Å²) in [5, 5.41) is 8.59. The molecule has 0 bridgehead atoms. The van der Waals surface area contributed by atoms with E-state index >= 15 is 0 Å². The summed E-state index contributed by atoms with van der Waals surface area (Å²) < 4.78 is 34.7. The first-order chi connectivity index (χ1) is 14.6. The molecule has 4 aromatic rings. The van der Waals surface area contributed by atoms with E-state index in [0.717, 1.165) is 11.8 Å². The van der Waals surface area contributed by atoms with Gasteiger partial charge in [0.1, 0.15) is 17.4 Å². The Balaban J connectivity index is 1.64. The second kappa shape index (κ2) is 8.87. The van der Waals surface area contributed by atoms with Gasteiger partial charge in [0.25, 0.3) is 0 Å². The monoisotopic (exact) mass is 423 g/mol. The van der Waals surface area contributed by atoms with Gasteiger partial charge in [-0.3, -0.25) is 9.36 Å². The van der Waals surface area contributed by atoms with Gasteiger partial charge >= 0.3 is 5.97 Å². The van der Waals surface area contributed by atoms with Crippen molar-refractivity contribution in [3.8, 4) is 22.8 Å². The minimum atomic E-state index is -0.465. The van der Waals surface area contributed by atoms with Gasteiger partial charge in [0.2, 0.25) is 0 Å². The Morgan fingerprint density at radius 2 is 1.60 bits per heavy atom. The van der Waals surface area contributed by atoms with Crippen molar-refractivity contribution in [3.63, 3.8) is 0 Å². The van der Waals surface area contributed by atoms with Crippen LogP contribution in [0.3, 0.4) is 0 Å². The Bertz CT molecular complexity index is 1160. The Hall–Kier alpha value is -3.52. The van der Waals surface area contributed by atoms with E-state index in [2.05, 4.69) is 10.2 Å². The third-order valence-electron chi connectivity index (χ3n) is 4.13. The Morgan fingerprint density at radius 1 is 0.900 bits per heavy atom. The Morgan fingerprint density at radius 3 is 2.33 bits per heavy atom. The standard InChI is InChI=1S/C22H15F2N3O2S/c23-15-10-12-16(13-11-15)27-21(18-8-4-5-9-19(18)24)25-26-22(27)30-14-20(28)29-17-6-2-1-3-7-17/h1-13H,14H2. The first kappa shape index (κ1) is 19.8. The molecule has 0 N–H and O–H groups in total. The van der Waals surface area contributed by atoms with Gasteiger partial charge in [-0.15, -0.1) is 10.2 Å². The zero-order chi connectivity index (χ0) is 20.9. The minimum Gasteiger partial charge on any atom is -0.426 e. The van der Waals surface area contributed by atoms with Crippen LogP contribution in [0.2, 0.25) is 0 Å². The molecule has 30 heavy (non-hydrogen) atoms. The highest BCUT2D eigenvalue weighted by Gasteiger charge is 2.20. The molecule has 0 amide bonds. The van der Waals surface area contributed by atoms with Gasteiger partial charge in [0, 0.05) is 5.69 Å². The van der Waals surface area contributed by atoms with Crippen LogP contribution in [-0.2, 0) is 4.79 Å². The molecule has 150 valence electrons. The highest BCUT2D eigenvalue weighted by Crippen LogP contribution is 2.29. The number of hydrogen-bond acceptors (Lipinski definition) is 5. The normalized spacial score (nSPS) is 10.7. The van der Waals surface area contributed by atoms with E-state index in [-0.39, 0.29) is 17.1 Å². The summed E-state index contributed by atoms with van der Waals surface area (Å²) in [6.45, 7) is 0. The van der Waals surface area contributed by atoms with Gasteiger partial charge in [-0.25, -0.2) is 8.78 Å². The lowest BCUT2D eigenvalue weighted by Gasteiger charge is -2.11. The van der Waals surface area contributed by atoms with Gasteiger partial charge < -0.3 is 4.74 Å². The third-order valence-corrected chi connectivity index (χ3v) is 5.03. The molecule has 0 atom stereocenters. The number of carbonyl (C=O) groups is 1. The second-order valence-corrected chi connectivity index (χ2v) is 7.12. The van der Waals surface area contributed by atoms with Gasteiger partial charge in [0.15, 0.2) is 11.0 Å². The molecule has 0 unspecified atom stereocenters. The van der Waals surface area contributed by atoms with Gasteiger partial charge in [-0.2, -0.15) is 0 Å². The average Bonchev–Trinajstić information content (AvgIpc) is 3.17. The quantitative estimate of drug-likeness (QED) is 0.251. The van der Waals surface area contributed by atoms with Crippen LogP contribution < -0.4 is 4.74 Å². The number of thioether (sulfide) groups is 1. The van der Waals surface area contributed by atoms with Crippen molar-refractivity contribution in [2.75, 3.05) is 5.75 Å². The van der Waals surface area contributed by atoms with E-state index < -0.39 is 17.6 Å². The molecule has 8 heteroatoms. The lowest BCUT2D eigenvalue weighted by Crippen LogP contribution is -2.11. The Kier molecular flexibility index (Phi) is 5.85. The second-order valence-electron chi connectivity index (χ2n) is 6.17. The summed E-state index contributed by atoms with van der Waals surface area (Å²) >= 11 is 1.09. The molecule has 5 nitrogen and oxygen atoms in total. The topological polar surface area (TPSA) is 57.0 Å². The van der Waals surface area contributed by atoms with E-state index in [1.54, 1.807) is 47.0 Å². The predicted molar refractivity (Wildman–Crippen MR) is 110 cm³/mol. The third kappa shape index (κ3) is 4.38. The maximum Gasteiger partial charge on any atom is 0.321 e. The van der Waals surface area contributed by atoms with Crippen LogP contribution in [0.4, 0.5) is 8.78 Å². The zero-order valence-electron chi connectivity index (χ0n) is 15.5. The molecule has 1 aromatic heterocycles. The van der Waals surface area contributed by atoms with Gasteiger partial charge in [0.05, 0.1) is 11.3 Å². The summed E-state index contributed by atoms with van der Waals surface area (Å²) in [4.78, 5) is 12.2. The summed E-state index contributed by atoms with van der Waals surface area (Å²) in [6.07, 6.45) is 0. The zero-order valence-corrected chi connectivity index (χ0v) is 16.4. The number of benzene rings is 3. The van der Waals surface area contributed by atoms with Crippen molar-refractivity contribution in [1.82, 2.24) is 14.8 Å². The number of nitrogens with zero attached hydrogens (tertiary/aromatic N) is 3. The number of esters is 1. The fraction of sp³-hybridized carbons (Fsp3) is 0.0455. The number of para-hydroxylation sites is 1. The van der Waals surface area contributed by atoms with Crippen molar-refractivity contribution in [3.05, 3.63) is 90.5 Å². The highest BCUT2D eigenvalue weighted by molar-refractivity contribution is 7.99. The average molecular weight is 423 g/mol. The number of hydrogen-bond donors (Lipinski definition) is 0. The summed E-state index contributed by atoms with van der Waals surface area (Å²) in [7, 11) is 0. The summed E-state index contributed by atoms with van der Waals surface area (Å²) in [5.41, 5.74) is 0.784. The van der Waals surface area contributed by atoms with Crippen LogP contribution in [0.1, 0.15) is 0 Å². The van der Waals surface area contributed by atoms with Crippen molar-refractivity contribution < 1.29 is 18.3 Å². The van der Waals surface area contributed by atoms with Crippen molar-refractivity contribution >= 4 is 17.7 Å². The van der Waals surface area contributed by atoms with Crippen molar-refractivity contribution in [2.24, 2.45) is 0 Å². The van der Waals surface area contributed by atoms with Crippen LogP contribution in [0.25, 0.3) is 17.1 Å². The van der Waals surface area contributed by atoms with E-state index in [0.29, 0.717) is 16.6 Å². The molecule has 0 spiro atoms. The fourth-order valence-electron chi connectivity index (χ4n) is 2.78. The fourth-order valence-corrected chi connectivity index (χ4v) is 3.50. The van der Waals surface area contributed by atoms with Gasteiger partial charge in [-0.05, 0) is 48.5 Å². The Labute approximate surface area is 175 Å². The number of aromatic nitrogens is 3. The summed E-state index contributed by atoms with van der Waals surface area (Å²) in [6, 6.07) is 20.5. The smallest absolute Gasteiger partial charge is 0.321 e. The molecular formula is C22H15F2N3O2S. The predicted octanol–water partition coefficient (Wildman–Crippen LogP) is 4.91. The van der Waals surface area contributed by atoms with Crippen molar-refractivity contribution in [2.45, 2.75) is 5.16 Å². The number of halogens is 2. The number of rotatable bonds is 6. The lowest BCUT2D eigenvalue weighted by molar-refractivity contribution is -0.131. The molecule has 0 fully saturated rings. The lowest BCUT2D eigenvalue weighted by atomic mass is 10.2.